The lowest BCUT2D eigenvalue weighted by atomic mass is 9.92. The van der Waals surface area contributed by atoms with Crippen LogP contribution in [0.1, 0.15) is 26.7 Å². The standard InChI is InChI=1S/C13H19F3N2O2S/c1-3-12(4-2,9-17)18-10-5-7-11(8-6-10)21(19,20)13(14,15)16/h5-8,18H,3-4,9,17H2,1-2H3. The Morgan fingerprint density at radius 3 is 1.90 bits per heavy atom. The molecule has 0 radical (unpaired) electrons. The summed E-state index contributed by atoms with van der Waals surface area (Å²) in [7, 11) is -5.31. The molecule has 4 nitrogen and oxygen atoms in total. The molecule has 0 saturated heterocycles. The van der Waals surface area contributed by atoms with Crippen molar-refractivity contribution in [2.75, 3.05) is 11.9 Å². The van der Waals surface area contributed by atoms with Gasteiger partial charge < -0.3 is 11.1 Å². The molecular formula is C13H19F3N2O2S. The van der Waals surface area contributed by atoms with Gasteiger partial charge in [0, 0.05) is 17.8 Å². The zero-order valence-electron chi connectivity index (χ0n) is 11.9. The minimum absolute atomic E-state index is 0.357. The van der Waals surface area contributed by atoms with E-state index in [9.17, 15) is 21.6 Å². The van der Waals surface area contributed by atoms with Gasteiger partial charge in [-0.2, -0.15) is 13.2 Å². The van der Waals surface area contributed by atoms with Crippen LogP contribution in [0, 0.1) is 0 Å². The Bertz CT molecular complexity index is 556. The minimum atomic E-state index is -5.31. The Labute approximate surface area is 122 Å². The molecule has 0 spiro atoms. The second-order valence-corrected chi connectivity index (χ2v) is 6.73. The molecule has 0 amide bonds. The van der Waals surface area contributed by atoms with Gasteiger partial charge in [-0.05, 0) is 37.1 Å². The quantitative estimate of drug-likeness (QED) is 0.844. The van der Waals surface area contributed by atoms with Gasteiger partial charge in [0.1, 0.15) is 0 Å². The molecule has 21 heavy (non-hydrogen) atoms. The molecule has 0 atom stereocenters. The van der Waals surface area contributed by atoms with Crippen molar-refractivity contribution in [3.05, 3.63) is 24.3 Å². The third kappa shape index (κ3) is 3.68. The van der Waals surface area contributed by atoms with Gasteiger partial charge in [0.25, 0.3) is 9.84 Å². The first-order chi connectivity index (χ1) is 9.62. The highest BCUT2D eigenvalue weighted by Gasteiger charge is 2.46. The van der Waals surface area contributed by atoms with Gasteiger partial charge in [-0.3, -0.25) is 0 Å². The number of anilines is 1. The van der Waals surface area contributed by atoms with Crippen LogP contribution in [0.4, 0.5) is 18.9 Å². The lowest BCUT2D eigenvalue weighted by Gasteiger charge is -2.32. The average molecular weight is 324 g/mol. The van der Waals surface area contributed by atoms with Gasteiger partial charge in [0.15, 0.2) is 0 Å². The first-order valence-electron chi connectivity index (χ1n) is 6.51. The van der Waals surface area contributed by atoms with Gasteiger partial charge in [0.05, 0.1) is 4.90 Å². The third-order valence-electron chi connectivity index (χ3n) is 3.62. The molecule has 1 aromatic carbocycles. The van der Waals surface area contributed by atoms with Crippen molar-refractivity contribution >= 4 is 15.5 Å². The highest BCUT2D eigenvalue weighted by atomic mass is 32.2. The Morgan fingerprint density at radius 2 is 1.57 bits per heavy atom. The number of hydrogen-bond acceptors (Lipinski definition) is 4. The van der Waals surface area contributed by atoms with Crippen molar-refractivity contribution in [1.82, 2.24) is 0 Å². The predicted octanol–water partition coefficient (Wildman–Crippen LogP) is 2.91. The van der Waals surface area contributed by atoms with Crippen molar-refractivity contribution in [3.8, 4) is 0 Å². The summed E-state index contributed by atoms with van der Waals surface area (Å²) in [4.78, 5) is -0.771. The van der Waals surface area contributed by atoms with Crippen molar-refractivity contribution < 1.29 is 21.6 Å². The fourth-order valence-electron chi connectivity index (χ4n) is 1.92. The van der Waals surface area contributed by atoms with Crippen molar-refractivity contribution in [1.29, 1.82) is 0 Å². The zero-order valence-corrected chi connectivity index (χ0v) is 12.7. The van der Waals surface area contributed by atoms with Crippen molar-refractivity contribution in [2.45, 2.75) is 42.6 Å². The first-order valence-corrected chi connectivity index (χ1v) is 8.00. The molecule has 0 aliphatic heterocycles. The van der Waals surface area contributed by atoms with E-state index in [1.165, 1.54) is 12.1 Å². The molecule has 120 valence electrons. The van der Waals surface area contributed by atoms with Gasteiger partial charge in [-0.1, -0.05) is 13.8 Å². The Balaban J connectivity index is 3.04. The predicted molar refractivity (Wildman–Crippen MR) is 75.7 cm³/mol. The van der Waals surface area contributed by atoms with E-state index in [0.29, 0.717) is 12.2 Å². The van der Waals surface area contributed by atoms with Crippen LogP contribution in [0.2, 0.25) is 0 Å². The number of alkyl halides is 3. The Hall–Kier alpha value is -1.28. The van der Waals surface area contributed by atoms with Crippen molar-refractivity contribution in [3.63, 3.8) is 0 Å². The number of nitrogens with one attached hydrogen (secondary N) is 1. The minimum Gasteiger partial charge on any atom is -0.378 e. The summed E-state index contributed by atoms with van der Waals surface area (Å²) >= 11 is 0. The maximum Gasteiger partial charge on any atom is 0.501 e. The van der Waals surface area contributed by atoms with E-state index in [1.54, 1.807) is 0 Å². The topological polar surface area (TPSA) is 72.2 Å². The summed E-state index contributed by atoms with van der Waals surface area (Å²) in [6.45, 7) is 4.26. The number of benzene rings is 1. The van der Waals surface area contributed by atoms with Crippen LogP contribution in [-0.4, -0.2) is 26.0 Å². The van der Waals surface area contributed by atoms with E-state index in [-0.39, 0.29) is 5.54 Å². The number of nitrogens with two attached hydrogens (primary N) is 1. The van der Waals surface area contributed by atoms with Gasteiger partial charge >= 0.3 is 5.51 Å². The fourth-order valence-corrected chi connectivity index (χ4v) is 2.69. The lowest BCUT2D eigenvalue weighted by Crippen LogP contribution is -2.44. The van der Waals surface area contributed by atoms with Gasteiger partial charge in [-0.15, -0.1) is 0 Å². The molecule has 1 aromatic rings. The summed E-state index contributed by atoms with van der Waals surface area (Å²) < 4.78 is 59.8. The van der Waals surface area contributed by atoms with Gasteiger partial charge in [-0.25, -0.2) is 8.42 Å². The van der Waals surface area contributed by atoms with E-state index >= 15 is 0 Å². The van der Waals surface area contributed by atoms with E-state index in [1.807, 2.05) is 13.8 Å². The molecule has 0 fully saturated rings. The fraction of sp³-hybridized carbons (Fsp3) is 0.538. The molecule has 0 saturated carbocycles. The molecule has 3 N–H and O–H groups in total. The molecule has 8 heteroatoms. The summed E-state index contributed by atoms with van der Waals surface area (Å²) in [5, 5.41) is 3.16. The second kappa shape index (κ2) is 6.23. The number of halogens is 3. The number of hydrogen-bond donors (Lipinski definition) is 2. The maximum atomic E-state index is 12.4. The SMILES string of the molecule is CCC(CC)(CN)Nc1ccc(S(=O)(=O)C(F)(F)F)cc1. The molecule has 0 aliphatic carbocycles. The lowest BCUT2D eigenvalue weighted by molar-refractivity contribution is -0.0436. The third-order valence-corrected chi connectivity index (χ3v) is 5.13. The zero-order chi connectivity index (χ0) is 16.3. The van der Waals surface area contributed by atoms with Crippen LogP contribution in [-0.2, 0) is 9.84 Å². The van der Waals surface area contributed by atoms with Gasteiger partial charge in [0.2, 0.25) is 0 Å². The molecular weight excluding hydrogens is 305 g/mol. The van der Waals surface area contributed by atoms with Crippen LogP contribution in [0.5, 0.6) is 0 Å². The highest BCUT2D eigenvalue weighted by Crippen LogP contribution is 2.31. The normalized spacial score (nSPS) is 13.2. The van der Waals surface area contributed by atoms with E-state index < -0.39 is 20.2 Å². The summed E-state index contributed by atoms with van der Waals surface area (Å²) in [5.74, 6) is 0. The average Bonchev–Trinajstić information content (AvgIpc) is 2.44. The van der Waals surface area contributed by atoms with Crippen LogP contribution < -0.4 is 11.1 Å². The smallest absolute Gasteiger partial charge is 0.378 e. The molecule has 0 aliphatic rings. The second-order valence-electron chi connectivity index (χ2n) is 4.79. The monoisotopic (exact) mass is 324 g/mol. The molecule has 0 heterocycles. The summed E-state index contributed by atoms with van der Waals surface area (Å²) in [6.07, 6.45) is 1.48. The summed E-state index contributed by atoms with van der Waals surface area (Å²) in [5.41, 5.74) is 0.606. The molecule has 0 aromatic heterocycles. The highest BCUT2D eigenvalue weighted by molar-refractivity contribution is 7.92. The Morgan fingerprint density at radius 1 is 1.10 bits per heavy atom. The van der Waals surface area contributed by atoms with E-state index in [4.69, 9.17) is 5.73 Å². The number of sulfone groups is 1. The van der Waals surface area contributed by atoms with E-state index in [2.05, 4.69) is 5.32 Å². The van der Waals surface area contributed by atoms with Crippen LogP contribution in [0.3, 0.4) is 0 Å². The number of rotatable bonds is 6. The summed E-state index contributed by atoms with van der Waals surface area (Å²) in [6, 6.07) is 4.51. The maximum absolute atomic E-state index is 12.4. The molecule has 0 bridgehead atoms. The van der Waals surface area contributed by atoms with Crippen LogP contribution in [0.25, 0.3) is 0 Å². The first kappa shape index (κ1) is 17.8. The largest absolute Gasteiger partial charge is 0.501 e. The Kier molecular flexibility index (Phi) is 5.27. The molecule has 1 rings (SSSR count). The van der Waals surface area contributed by atoms with Crippen LogP contribution in [0.15, 0.2) is 29.2 Å². The van der Waals surface area contributed by atoms with E-state index in [0.717, 1.165) is 25.0 Å². The van der Waals surface area contributed by atoms with Crippen LogP contribution >= 0.6 is 0 Å². The van der Waals surface area contributed by atoms with Crippen molar-refractivity contribution in [2.24, 2.45) is 5.73 Å². The molecule has 0 unspecified atom stereocenters.